The molecule has 0 fully saturated rings. The zero-order chi connectivity index (χ0) is 9.26. The SMILES string of the molecule is Cc1cocc1C1=CC(=O)CCC1. The molecule has 0 aromatic carbocycles. The molecule has 0 unspecified atom stereocenters. The highest BCUT2D eigenvalue weighted by atomic mass is 16.3. The van der Waals surface area contributed by atoms with Gasteiger partial charge in [-0.3, -0.25) is 4.79 Å². The average molecular weight is 176 g/mol. The number of ketones is 1. The monoisotopic (exact) mass is 176 g/mol. The molecule has 1 heterocycles. The maximum Gasteiger partial charge on any atom is 0.155 e. The van der Waals surface area contributed by atoms with Crippen molar-refractivity contribution in [3.63, 3.8) is 0 Å². The number of hydrogen-bond donors (Lipinski definition) is 0. The normalized spacial score (nSPS) is 17.3. The van der Waals surface area contributed by atoms with E-state index < -0.39 is 0 Å². The van der Waals surface area contributed by atoms with Gasteiger partial charge in [-0.1, -0.05) is 0 Å². The lowest BCUT2D eigenvalue weighted by molar-refractivity contribution is -0.114. The van der Waals surface area contributed by atoms with Crippen molar-refractivity contribution in [2.75, 3.05) is 0 Å². The molecule has 0 saturated heterocycles. The number of carbonyl (C=O) groups excluding carboxylic acids is 1. The van der Waals surface area contributed by atoms with Crippen LogP contribution >= 0.6 is 0 Å². The van der Waals surface area contributed by atoms with Gasteiger partial charge in [0.15, 0.2) is 5.78 Å². The molecule has 0 spiro atoms. The van der Waals surface area contributed by atoms with Crippen LogP contribution in [0.5, 0.6) is 0 Å². The molecule has 0 N–H and O–H groups in total. The molecule has 1 aliphatic rings. The molecule has 0 bridgehead atoms. The summed E-state index contributed by atoms with van der Waals surface area (Å²) in [4.78, 5) is 11.2. The lowest BCUT2D eigenvalue weighted by Crippen LogP contribution is -2.01. The standard InChI is InChI=1S/C11H12O2/c1-8-6-13-7-11(8)9-3-2-4-10(12)5-9/h5-7H,2-4H2,1H3. The van der Waals surface area contributed by atoms with E-state index in [2.05, 4.69) is 0 Å². The highest BCUT2D eigenvalue weighted by molar-refractivity contribution is 5.98. The van der Waals surface area contributed by atoms with E-state index in [9.17, 15) is 4.79 Å². The number of carbonyl (C=O) groups is 1. The minimum absolute atomic E-state index is 0.238. The fourth-order valence-electron chi connectivity index (χ4n) is 1.69. The van der Waals surface area contributed by atoms with Crippen molar-refractivity contribution in [1.29, 1.82) is 0 Å². The molecule has 1 aromatic rings. The molecule has 13 heavy (non-hydrogen) atoms. The van der Waals surface area contributed by atoms with Gasteiger partial charge in [-0.2, -0.15) is 0 Å². The summed E-state index contributed by atoms with van der Waals surface area (Å²) in [5.74, 6) is 0.238. The summed E-state index contributed by atoms with van der Waals surface area (Å²) in [6, 6.07) is 0. The van der Waals surface area contributed by atoms with E-state index in [1.54, 1.807) is 18.6 Å². The number of furan rings is 1. The largest absolute Gasteiger partial charge is 0.472 e. The van der Waals surface area contributed by atoms with Gasteiger partial charge in [0.2, 0.25) is 0 Å². The van der Waals surface area contributed by atoms with Gasteiger partial charge < -0.3 is 4.42 Å². The van der Waals surface area contributed by atoms with Crippen LogP contribution in [-0.2, 0) is 4.79 Å². The smallest absolute Gasteiger partial charge is 0.155 e. The van der Waals surface area contributed by atoms with E-state index in [4.69, 9.17) is 4.42 Å². The first kappa shape index (κ1) is 8.30. The maximum atomic E-state index is 11.2. The summed E-state index contributed by atoms with van der Waals surface area (Å²) in [6.45, 7) is 2.00. The molecule has 0 atom stereocenters. The Morgan fingerprint density at radius 2 is 2.15 bits per heavy atom. The molecular weight excluding hydrogens is 164 g/mol. The van der Waals surface area contributed by atoms with Crippen LogP contribution in [0.1, 0.15) is 30.4 Å². The summed E-state index contributed by atoms with van der Waals surface area (Å²) in [7, 11) is 0. The van der Waals surface area contributed by atoms with E-state index in [0.29, 0.717) is 6.42 Å². The third-order valence-electron chi connectivity index (χ3n) is 2.41. The molecule has 0 aliphatic heterocycles. The molecule has 0 saturated carbocycles. The van der Waals surface area contributed by atoms with Crippen LogP contribution < -0.4 is 0 Å². The van der Waals surface area contributed by atoms with Crippen LogP contribution in [0.25, 0.3) is 5.57 Å². The minimum atomic E-state index is 0.238. The van der Waals surface area contributed by atoms with Crippen molar-refractivity contribution in [2.24, 2.45) is 0 Å². The minimum Gasteiger partial charge on any atom is -0.472 e. The molecule has 0 amide bonds. The number of hydrogen-bond acceptors (Lipinski definition) is 2. The Bertz CT molecular complexity index is 358. The Morgan fingerprint density at radius 3 is 2.77 bits per heavy atom. The summed E-state index contributed by atoms with van der Waals surface area (Å²) in [5.41, 5.74) is 3.33. The van der Waals surface area contributed by atoms with Crippen molar-refractivity contribution in [3.05, 3.63) is 29.7 Å². The fourth-order valence-corrected chi connectivity index (χ4v) is 1.69. The van der Waals surface area contributed by atoms with Gasteiger partial charge in [-0.05, 0) is 37.0 Å². The summed E-state index contributed by atoms with van der Waals surface area (Å²) in [6.07, 6.45) is 7.85. The Labute approximate surface area is 77.2 Å². The molecule has 0 radical (unpaired) electrons. The second-order valence-corrected chi connectivity index (χ2v) is 3.46. The highest BCUT2D eigenvalue weighted by Crippen LogP contribution is 2.27. The molecule has 2 rings (SSSR count). The third-order valence-corrected chi connectivity index (χ3v) is 2.41. The highest BCUT2D eigenvalue weighted by Gasteiger charge is 2.13. The first-order chi connectivity index (χ1) is 6.27. The first-order valence-electron chi connectivity index (χ1n) is 4.54. The van der Waals surface area contributed by atoms with E-state index in [1.807, 2.05) is 6.92 Å². The molecule has 68 valence electrons. The number of allylic oxidation sites excluding steroid dienone is 2. The van der Waals surface area contributed by atoms with Gasteiger partial charge >= 0.3 is 0 Å². The van der Waals surface area contributed by atoms with Crippen LogP contribution in [0.15, 0.2) is 23.0 Å². The van der Waals surface area contributed by atoms with Crippen molar-refractivity contribution in [3.8, 4) is 0 Å². The van der Waals surface area contributed by atoms with Gasteiger partial charge in [0, 0.05) is 12.0 Å². The lowest BCUT2D eigenvalue weighted by Gasteiger charge is -2.10. The number of aryl methyl sites for hydroxylation is 1. The van der Waals surface area contributed by atoms with Crippen LogP contribution in [0.2, 0.25) is 0 Å². The zero-order valence-corrected chi connectivity index (χ0v) is 7.67. The van der Waals surface area contributed by atoms with Gasteiger partial charge in [0.05, 0.1) is 12.5 Å². The maximum absolute atomic E-state index is 11.2. The second-order valence-electron chi connectivity index (χ2n) is 3.46. The third kappa shape index (κ3) is 1.57. The Kier molecular flexibility index (Phi) is 2.05. The Morgan fingerprint density at radius 1 is 1.31 bits per heavy atom. The fraction of sp³-hybridized carbons (Fsp3) is 0.364. The summed E-state index contributed by atoms with van der Waals surface area (Å²) in [5, 5.41) is 0. The molecular formula is C11H12O2. The van der Waals surface area contributed by atoms with Gasteiger partial charge in [0.25, 0.3) is 0 Å². The molecule has 1 aromatic heterocycles. The Hall–Kier alpha value is -1.31. The van der Waals surface area contributed by atoms with Crippen LogP contribution in [0.3, 0.4) is 0 Å². The molecule has 2 nitrogen and oxygen atoms in total. The van der Waals surface area contributed by atoms with Crippen LogP contribution in [0.4, 0.5) is 0 Å². The quantitative estimate of drug-likeness (QED) is 0.658. The van der Waals surface area contributed by atoms with Crippen molar-refractivity contribution in [2.45, 2.75) is 26.2 Å². The first-order valence-corrected chi connectivity index (χ1v) is 4.54. The van der Waals surface area contributed by atoms with E-state index in [-0.39, 0.29) is 5.78 Å². The van der Waals surface area contributed by atoms with Gasteiger partial charge in [-0.25, -0.2) is 0 Å². The van der Waals surface area contributed by atoms with Crippen molar-refractivity contribution < 1.29 is 9.21 Å². The predicted octanol–water partition coefficient (Wildman–Crippen LogP) is 2.72. The van der Waals surface area contributed by atoms with Gasteiger partial charge in [-0.15, -0.1) is 0 Å². The lowest BCUT2D eigenvalue weighted by atomic mass is 9.93. The van der Waals surface area contributed by atoms with E-state index in [0.717, 1.165) is 29.5 Å². The average Bonchev–Trinajstić information content (AvgIpc) is 2.51. The van der Waals surface area contributed by atoms with Crippen molar-refractivity contribution >= 4 is 11.4 Å². The predicted molar refractivity (Wildman–Crippen MR) is 50.3 cm³/mol. The van der Waals surface area contributed by atoms with Crippen molar-refractivity contribution in [1.82, 2.24) is 0 Å². The van der Waals surface area contributed by atoms with E-state index >= 15 is 0 Å². The van der Waals surface area contributed by atoms with Gasteiger partial charge in [0.1, 0.15) is 0 Å². The van der Waals surface area contributed by atoms with E-state index in [1.165, 1.54) is 0 Å². The topological polar surface area (TPSA) is 30.2 Å². The number of rotatable bonds is 1. The Balaban J connectivity index is 2.36. The van der Waals surface area contributed by atoms with Crippen LogP contribution in [0, 0.1) is 6.92 Å². The molecule has 2 heteroatoms. The molecule has 1 aliphatic carbocycles. The zero-order valence-electron chi connectivity index (χ0n) is 7.67. The second kappa shape index (κ2) is 3.21. The van der Waals surface area contributed by atoms with Crippen LogP contribution in [-0.4, -0.2) is 5.78 Å². The summed E-state index contributed by atoms with van der Waals surface area (Å²) >= 11 is 0. The summed E-state index contributed by atoms with van der Waals surface area (Å²) < 4.78 is 5.08.